The SMILES string of the molecule is CC(=O)Nc1ccc(OC(=O)c2ccc([S@](C)=O)cc2)cc1. The molecule has 0 saturated carbocycles. The van der Waals surface area contributed by atoms with Crippen LogP contribution < -0.4 is 10.1 Å². The van der Waals surface area contributed by atoms with Crippen LogP contribution in [0, 0.1) is 0 Å². The summed E-state index contributed by atoms with van der Waals surface area (Å²) < 4.78 is 16.5. The Morgan fingerprint density at radius 3 is 2.09 bits per heavy atom. The molecule has 1 amide bonds. The standard InChI is InChI=1S/C16H15NO4S/c1-11(18)17-13-5-7-14(8-6-13)21-16(19)12-3-9-15(10-4-12)22(2)20/h3-10H,1-2H3,(H,17,18)/t22-/m0/s1. The van der Waals surface area contributed by atoms with E-state index in [0.29, 0.717) is 21.9 Å². The number of benzene rings is 2. The summed E-state index contributed by atoms with van der Waals surface area (Å²) in [4.78, 5) is 23.6. The molecule has 2 rings (SSSR count). The predicted octanol–water partition coefficient (Wildman–Crippen LogP) is 2.60. The minimum absolute atomic E-state index is 0.168. The fourth-order valence-electron chi connectivity index (χ4n) is 1.76. The maximum absolute atomic E-state index is 12.0. The van der Waals surface area contributed by atoms with Crippen LogP contribution in [0.15, 0.2) is 53.4 Å². The Kier molecular flexibility index (Phi) is 5.06. The van der Waals surface area contributed by atoms with Crippen LogP contribution in [0.3, 0.4) is 0 Å². The van der Waals surface area contributed by atoms with E-state index in [1.54, 1.807) is 54.8 Å². The number of rotatable bonds is 4. The van der Waals surface area contributed by atoms with Crippen molar-refractivity contribution in [2.45, 2.75) is 11.8 Å². The highest BCUT2D eigenvalue weighted by atomic mass is 32.2. The van der Waals surface area contributed by atoms with E-state index in [1.807, 2.05) is 0 Å². The molecule has 0 aromatic heterocycles. The third kappa shape index (κ3) is 4.26. The molecule has 0 saturated heterocycles. The van der Waals surface area contributed by atoms with E-state index < -0.39 is 16.8 Å². The van der Waals surface area contributed by atoms with Crippen molar-refractivity contribution in [2.75, 3.05) is 11.6 Å². The van der Waals surface area contributed by atoms with Gasteiger partial charge >= 0.3 is 5.97 Å². The Labute approximate surface area is 130 Å². The smallest absolute Gasteiger partial charge is 0.343 e. The average Bonchev–Trinajstić information content (AvgIpc) is 2.49. The van der Waals surface area contributed by atoms with Gasteiger partial charge in [-0.2, -0.15) is 0 Å². The van der Waals surface area contributed by atoms with Crippen LogP contribution in [0.1, 0.15) is 17.3 Å². The van der Waals surface area contributed by atoms with Gasteiger partial charge < -0.3 is 10.1 Å². The Morgan fingerprint density at radius 2 is 1.59 bits per heavy atom. The number of anilines is 1. The molecule has 1 N–H and O–H groups in total. The first-order valence-corrected chi connectivity index (χ1v) is 8.05. The van der Waals surface area contributed by atoms with Gasteiger partial charge in [-0.3, -0.25) is 9.00 Å². The molecular weight excluding hydrogens is 302 g/mol. The molecule has 0 aliphatic heterocycles. The highest BCUT2D eigenvalue weighted by Gasteiger charge is 2.09. The largest absolute Gasteiger partial charge is 0.423 e. The summed E-state index contributed by atoms with van der Waals surface area (Å²) >= 11 is 0. The molecule has 5 nitrogen and oxygen atoms in total. The number of nitrogens with one attached hydrogen (secondary N) is 1. The van der Waals surface area contributed by atoms with Gasteiger partial charge in [0.25, 0.3) is 0 Å². The number of hydrogen-bond donors (Lipinski definition) is 1. The molecule has 1 atom stereocenters. The van der Waals surface area contributed by atoms with Gasteiger partial charge in [0.15, 0.2) is 0 Å². The van der Waals surface area contributed by atoms with E-state index in [4.69, 9.17) is 4.74 Å². The first kappa shape index (κ1) is 15.9. The summed E-state index contributed by atoms with van der Waals surface area (Å²) in [5, 5.41) is 2.63. The molecule has 0 fully saturated rings. The van der Waals surface area contributed by atoms with Crippen molar-refractivity contribution in [1.29, 1.82) is 0 Å². The number of carbonyl (C=O) groups is 2. The van der Waals surface area contributed by atoms with Crippen molar-refractivity contribution in [3.63, 3.8) is 0 Å². The second-order valence-electron chi connectivity index (χ2n) is 4.57. The lowest BCUT2D eigenvalue weighted by atomic mass is 10.2. The summed E-state index contributed by atoms with van der Waals surface area (Å²) in [7, 11) is -1.08. The zero-order valence-electron chi connectivity index (χ0n) is 12.2. The van der Waals surface area contributed by atoms with Crippen molar-refractivity contribution in [1.82, 2.24) is 0 Å². The minimum atomic E-state index is -1.08. The first-order chi connectivity index (χ1) is 10.5. The van der Waals surface area contributed by atoms with Crippen LogP contribution >= 0.6 is 0 Å². The maximum atomic E-state index is 12.0. The molecule has 0 unspecified atom stereocenters. The zero-order valence-corrected chi connectivity index (χ0v) is 13.0. The molecule has 2 aromatic rings. The number of carbonyl (C=O) groups excluding carboxylic acids is 2. The maximum Gasteiger partial charge on any atom is 0.343 e. The molecule has 22 heavy (non-hydrogen) atoms. The molecule has 0 bridgehead atoms. The van der Waals surface area contributed by atoms with Crippen molar-refractivity contribution in [2.24, 2.45) is 0 Å². The number of esters is 1. The van der Waals surface area contributed by atoms with Crippen molar-refractivity contribution in [3.8, 4) is 5.75 Å². The second kappa shape index (κ2) is 7.00. The van der Waals surface area contributed by atoms with Gasteiger partial charge in [0.2, 0.25) is 5.91 Å². The molecule has 0 aliphatic rings. The quantitative estimate of drug-likeness (QED) is 0.695. The molecule has 0 heterocycles. The molecule has 2 aromatic carbocycles. The first-order valence-electron chi connectivity index (χ1n) is 6.49. The number of amides is 1. The molecule has 6 heteroatoms. The van der Waals surface area contributed by atoms with Crippen LogP contribution in [0.4, 0.5) is 5.69 Å². The number of hydrogen-bond acceptors (Lipinski definition) is 4. The van der Waals surface area contributed by atoms with Gasteiger partial charge in [-0.25, -0.2) is 4.79 Å². The fraction of sp³-hybridized carbons (Fsp3) is 0.125. The molecule has 0 radical (unpaired) electrons. The highest BCUT2D eigenvalue weighted by Crippen LogP contribution is 2.17. The van der Waals surface area contributed by atoms with E-state index in [1.165, 1.54) is 6.92 Å². The average molecular weight is 317 g/mol. The zero-order chi connectivity index (χ0) is 16.1. The number of ether oxygens (including phenoxy) is 1. The Hall–Kier alpha value is -2.47. The van der Waals surface area contributed by atoms with Crippen LogP contribution in [0.5, 0.6) is 5.75 Å². The summed E-state index contributed by atoms with van der Waals surface area (Å²) in [5.41, 5.74) is 1.00. The highest BCUT2D eigenvalue weighted by molar-refractivity contribution is 7.84. The van der Waals surface area contributed by atoms with Crippen LogP contribution in [-0.4, -0.2) is 22.3 Å². The van der Waals surface area contributed by atoms with E-state index in [9.17, 15) is 13.8 Å². The fourth-order valence-corrected chi connectivity index (χ4v) is 2.28. The predicted molar refractivity (Wildman–Crippen MR) is 84.5 cm³/mol. The van der Waals surface area contributed by atoms with Crippen molar-refractivity contribution < 1.29 is 18.5 Å². The Morgan fingerprint density at radius 1 is 1.00 bits per heavy atom. The normalized spacial score (nSPS) is 11.5. The minimum Gasteiger partial charge on any atom is -0.423 e. The monoisotopic (exact) mass is 317 g/mol. The lowest BCUT2D eigenvalue weighted by Gasteiger charge is -2.06. The van der Waals surface area contributed by atoms with E-state index in [-0.39, 0.29) is 5.91 Å². The van der Waals surface area contributed by atoms with Gasteiger partial charge in [0.1, 0.15) is 5.75 Å². The van der Waals surface area contributed by atoms with E-state index in [2.05, 4.69) is 5.32 Å². The molecule has 0 spiro atoms. The summed E-state index contributed by atoms with van der Waals surface area (Å²) in [6.45, 7) is 1.42. The van der Waals surface area contributed by atoms with Gasteiger partial charge in [0, 0.05) is 34.6 Å². The third-order valence-corrected chi connectivity index (χ3v) is 3.74. The van der Waals surface area contributed by atoms with Crippen LogP contribution in [0.25, 0.3) is 0 Å². The van der Waals surface area contributed by atoms with Crippen LogP contribution in [-0.2, 0) is 15.6 Å². The lowest BCUT2D eigenvalue weighted by molar-refractivity contribution is -0.114. The van der Waals surface area contributed by atoms with E-state index in [0.717, 1.165) is 0 Å². The van der Waals surface area contributed by atoms with Gasteiger partial charge in [-0.05, 0) is 48.5 Å². The van der Waals surface area contributed by atoms with Gasteiger partial charge in [0.05, 0.1) is 5.56 Å². The Bertz CT molecular complexity index is 708. The van der Waals surface area contributed by atoms with Crippen molar-refractivity contribution in [3.05, 3.63) is 54.1 Å². The topological polar surface area (TPSA) is 72.5 Å². The van der Waals surface area contributed by atoms with Crippen molar-refractivity contribution >= 4 is 28.4 Å². The van der Waals surface area contributed by atoms with Gasteiger partial charge in [-0.1, -0.05) is 0 Å². The summed E-state index contributed by atoms with van der Waals surface area (Å²) in [6, 6.07) is 12.9. The molecule has 114 valence electrons. The third-order valence-electron chi connectivity index (χ3n) is 2.81. The molecule has 0 aliphatic carbocycles. The Balaban J connectivity index is 2.05. The lowest BCUT2D eigenvalue weighted by Crippen LogP contribution is -2.09. The summed E-state index contributed by atoms with van der Waals surface area (Å²) in [6.07, 6.45) is 1.57. The summed E-state index contributed by atoms with van der Waals surface area (Å²) in [5.74, 6) is -0.291. The molecular formula is C16H15NO4S. The van der Waals surface area contributed by atoms with Gasteiger partial charge in [-0.15, -0.1) is 0 Å². The second-order valence-corrected chi connectivity index (χ2v) is 5.95. The van der Waals surface area contributed by atoms with E-state index >= 15 is 0 Å². The van der Waals surface area contributed by atoms with Crippen LogP contribution in [0.2, 0.25) is 0 Å².